The lowest BCUT2D eigenvalue weighted by molar-refractivity contribution is 0.0755. The van der Waals surface area contributed by atoms with Crippen molar-refractivity contribution in [1.82, 2.24) is 14.8 Å². The van der Waals surface area contributed by atoms with E-state index in [-0.39, 0.29) is 11.9 Å². The van der Waals surface area contributed by atoms with Crippen molar-refractivity contribution >= 4 is 40.6 Å². The number of aryl methyl sites for hydroxylation is 1. The summed E-state index contributed by atoms with van der Waals surface area (Å²) < 4.78 is 5.70. The third kappa shape index (κ3) is 4.49. The van der Waals surface area contributed by atoms with Gasteiger partial charge in [-0.3, -0.25) is 4.79 Å². The molecule has 156 valence electrons. The Kier molecular flexibility index (Phi) is 6.06. The number of benzene rings is 1. The molecule has 0 radical (unpaired) electrons. The van der Waals surface area contributed by atoms with E-state index in [4.69, 9.17) is 16.0 Å². The zero-order chi connectivity index (χ0) is 21.1. The third-order valence-electron chi connectivity index (χ3n) is 4.88. The lowest BCUT2D eigenvalue weighted by atomic mass is 10.3. The summed E-state index contributed by atoms with van der Waals surface area (Å²) in [5.41, 5.74) is 0.972. The Bertz CT molecular complexity index is 1050. The van der Waals surface area contributed by atoms with Crippen LogP contribution in [0.3, 0.4) is 0 Å². The van der Waals surface area contributed by atoms with Crippen LogP contribution in [0.25, 0.3) is 10.8 Å². The van der Waals surface area contributed by atoms with Crippen molar-refractivity contribution < 1.29 is 14.0 Å². The average Bonchev–Trinajstić information content (AvgIpc) is 3.31. The number of hydrogen-bond donors (Lipinski definition) is 1. The van der Waals surface area contributed by atoms with E-state index in [1.54, 1.807) is 41.0 Å². The Morgan fingerprint density at radius 1 is 1.13 bits per heavy atom. The van der Waals surface area contributed by atoms with Crippen LogP contribution in [-0.4, -0.2) is 52.9 Å². The van der Waals surface area contributed by atoms with Crippen LogP contribution < -0.4 is 5.32 Å². The lowest BCUT2D eigenvalue weighted by Gasteiger charge is -2.22. The number of hydrogen-bond acceptors (Lipinski definition) is 5. The molecule has 7 nitrogen and oxygen atoms in total. The first-order chi connectivity index (χ1) is 14.5. The van der Waals surface area contributed by atoms with E-state index in [2.05, 4.69) is 10.3 Å². The van der Waals surface area contributed by atoms with Gasteiger partial charge in [0.1, 0.15) is 5.76 Å². The third-order valence-corrected chi connectivity index (χ3v) is 5.97. The van der Waals surface area contributed by atoms with Crippen LogP contribution in [0, 0.1) is 6.92 Å². The van der Waals surface area contributed by atoms with Crippen molar-refractivity contribution in [3.63, 3.8) is 0 Å². The van der Waals surface area contributed by atoms with Crippen molar-refractivity contribution in [2.45, 2.75) is 13.3 Å². The Morgan fingerprint density at radius 2 is 1.93 bits per heavy atom. The van der Waals surface area contributed by atoms with Crippen LogP contribution in [0.15, 0.2) is 46.2 Å². The fraction of sp³-hybridized carbons (Fsp3) is 0.286. The second-order valence-corrected chi connectivity index (χ2v) is 8.36. The molecule has 3 heterocycles. The maximum absolute atomic E-state index is 13.0. The van der Waals surface area contributed by atoms with Gasteiger partial charge in [0.2, 0.25) is 5.89 Å². The molecule has 1 aliphatic rings. The van der Waals surface area contributed by atoms with E-state index in [1.807, 2.05) is 17.5 Å². The van der Waals surface area contributed by atoms with Crippen LogP contribution >= 0.6 is 22.9 Å². The molecule has 0 saturated carbocycles. The summed E-state index contributed by atoms with van der Waals surface area (Å²) in [6.45, 7) is 3.74. The van der Waals surface area contributed by atoms with Gasteiger partial charge < -0.3 is 19.5 Å². The molecule has 1 fully saturated rings. The topological polar surface area (TPSA) is 78.7 Å². The molecule has 9 heteroatoms. The monoisotopic (exact) mass is 444 g/mol. The molecular weight excluding hydrogens is 424 g/mol. The van der Waals surface area contributed by atoms with Crippen LogP contribution in [0.4, 0.5) is 10.5 Å². The zero-order valence-electron chi connectivity index (χ0n) is 16.4. The molecule has 1 N–H and O–H groups in total. The number of nitrogens with one attached hydrogen (secondary N) is 1. The minimum Gasteiger partial charge on any atom is -0.440 e. The number of urea groups is 1. The number of anilines is 1. The molecule has 0 spiro atoms. The number of nitrogens with zero attached hydrogens (tertiary/aromatic N) is 3. The first kappa shape index (κ1) is 20.4. The minimum atomic E-state index is -0.204. The van der Waals surface area contributed by atoms with Gasteiger partial charge in [-0.15, -0.1) is 11.3 Å². The molecule has 0 atom stereocenters. The second kappa shape index (κ2) is 8.89. The molecule has 0 aliphatic carbocycles. The van der Waals surface area contributed by atoms with Crippen molar-refractivity contribution in [2.75, 3.05) is 31.5 Å². The molecule has 1 aromatic carbocycles. The van der Waals surface area contributed by atoms with Crippen molar-refractivity contribution in [1.29, 1.82) is 0 Å². The Labute approximate surface area is 183 Å². The summed E-state index contributed by atoms with van der Waals surface area (Å²) in [6, 6.07) is 10.6. The van der Waals surface area contributed by atoms with Gasteiger partial charge >= 0.3 is 6.03 Å². The summed E-state index contributed by atoms with van der Waals surface area (Å²) in [4.78, 5) is 34.4. The molecular formula is C21H21ClN4O3S. The zero-order valence-corrected chi connectivity index (χ0v) is 18.0. The molecule has 1 saturated heterocycles. The van der Waals surface area contributed by atoms with Gasteiger partial charge in [0, 0.05) is 36.9 Å². The second-order valence-electron chi connectivity index (χ2n) is 6.97. The van der Waals surface area contributed by atoms with Crippen LogP contribution in [0.5, 0.6) is 0 Å². The maximum atomic E-state index is 13.0. The van der Waals surface area contributed by atoms with E-state index in [0.29, 0.717) is 60.7 Å². The average molecular weight is 445 g/mol. The van der Waals surface area contributed by atoms with E-state index in [0.717, 1.165) is 4.88 Å². The highest BCUT2D eigenvalue weighted by Crippen LogP contribution is 2.26. The standard InChI is InChI=1S/C21H21ClN4O3S/c1-14-18(24-19(29-14)17-7-3-12-30-17)20(27)25-8-4-9-26(11-10-25)21(28)23-16-6-2-5-15(22)13-16/h2-3,5-7,12-13H,4,8-11H2,1H3,(H,23,28). The number of amides is 3. The largest absolute Gasteiger partial charge is 0.440 e. The molecule has 1 aliphatic heterocycles. The van der Waals surface area contributed by atoms with Gasteiger partial charge in [-0.1, -0.05) is 23.7 Å². The Hall–Kier alpha value is -2.84. The minimum absolute atomic E-state index is 0.170. The fourth-order valence-corrected chi connectivity index (χ4v) is 4.18. The number of halogens is 1. The Balaban J connectivity index is 1.40. The molecule has 2 aromatic heterocycles. The van der Waals surface area contributed by atoms with Crippen molar-refractivity contribution in [3.05, 3.63) is 58.3 Å². The normalized spacial score (nSPS) is 14.5. The number of thiophene rings is 1. The highest BCUT2D eigenvalue weighted by Gasteiger charge is 2.27. The van der Waals surface area contributed by atoms with Crippen LogP contribution in [0.1, 0.15) is 22.7 Å². The Morgan fingerprint density at radius 3 is 2.70 bits per heavy atom. The molecule has 0 unspecified atom stereocenters. The number of aromatic nitrogens is 1. The van der Waals surface area contributed by atoms with Gasteiger partial charge in [0.15, 0.2) is 5.69 Å². The first-order valence-corrected chi connectivity index (χ1v) is 10.9. The van der Waals surface area contributed by atoms with E-state index >= 15 is 0 Å². The van der Waals surface area contributed by atoms with Crippen LogP contribution in [-0.2, 0) is 0 Å². The lowest BCUT2D eigenvalue weighted by Crippen LogP contribution is -2.39. The predicted octanol–water partition coefficient (Wildman–Crippen LogP) is 4.74. The van der Waals surface area contributed by atoms with Gasteiger partial charge in [0.05, 0.1) is 4.88 Å². The highest BCUT2D eigenvalue weighted by molar-refractivity contribution is 7.13. The fourth-order valence-electron chi connectivity index (χ4n) is 3.34. The molecule has 0 bridgehead atoms. The quantitative estimate of drug-likeness (QED) is 0.632. The summed E-state index contributed by atoms with van der Waals surface area (Å²) >= 11 is 7.49. The first-order valence-electron chi connectivity index (χ1n) is 9.63. The number of oxazole rings is 1. The van der Waals surface area contributed by atoms with Crippen molar-refractivity contribution in [2.24, 2.45) is 0 Å². The summed E-state index contributed by atoms with van der Waals surface area (Å²) in [5, 5.41) is 5.36. The predicted molar refractivity (Wildman–Crippen MR) is 117 cm³/mol. The number of carbonyl (C=O) groups excluding carboxylic acids is 2. The molecule has 30 heavy (non-hydrogen) atoms. The number of carbonyl (C=O) groups is 2. The summed E-state index contributed by atoms with van der Waals surface area (Å²) in [7, 11) is 0. The number of rotatable bonds is 3. The van der Waals surface area contributed by atoms with Crippen LogP contribution in [0.2, 0.25) is 5.02 Å². The summed E-state index contributed by atoms with van der Waals surface area (Å²) in [6.07, 6.45) is 0.684. The highest BCUT2D eigenvalue weighted by atomic mass is 35.5. The summed E-state index contributed by atoms with van der Waals surface area (Å²) in [5.74, 6) is 0.794. The van der Waals surface area contributed by atoms with Gasteiger partial charge in [0.25, 0.3) is 5.91 Å². The smallest absolute Gasteiger partial charge is 0.321 e. The van der Waals surface area contributed by atoms with E-state index in [9.17, 15) is 9.59 Å². The van der Waals surface area contributed by atoms with Crippen molar-refractivity contribution in [3.8, 4) is 10.8 Å². The van der Waals surface area contributed by atoms with E-state index < -0.39 is 0 Å². The SMILES string of the molecule is Cc1oc(-c2cccs2)nc1C(=O)N1CCCN(C(=O)Nc2cccc(Cl)c2)CC1. The molecule has 4 rings (SSSR count). The van der Waals surface area contributed by atoms with E-state index in [1.165, 1.54) is 11.3 Å². The van der Waals surface area contributed by atoms with Gasteiger partial charge in [-0.05, 0) is 43.0 Å². The molecule has 3 aromatic rings. The molecule has 3 amide bonds. The van der Waals surface area contributed by atoms with Gasteiger partial charge in [-0.25, -0.2) is 9.78 Å². The maximum Gasteiger partial charge on any atom is 0.321 e. The van der Waals surface area contributed by atoms with Gasteiger partial charge in [-0.2, -0.15) is 0 Å².